The number of rotatable bonds is 8. The Bertz CT molecular complexity index is 684. The minimum atomic E-state index is -3.65. The maximum atomic E-state index is 12.0. The average molecular weight is 368 g/mol. The number of amides is 1. The number of ether oxygens (including phenoxy) is 1. The summed E-state index contributed by atoms with van der Waals surface area (Å²) in [6.45, 7) is 1.42. The highest BCUT2D eigenvalue weighted by molar-refractivity contribution is 7.89. The first-order valence-electron chi connectivity index (χ1n) is 8.43. The third-order valence-electron chi connectivity index (χ3n) is 4.05. The Morgan fingerprint density at radius 2 is 1.84 bits per heavy atom. The van der Waals surface area contributed by atoms with Gasteiger partial charge in [0.2, 0.25) is 10.0 Å². The zero-order valence-corrected chi connectivity index (χ0v) is 15.1. The minimum Gasteiger partial charge on any atom is -0.453 e. The van der Waals surface area contributed by atoms with Crippen LogP contribution in [0.15, 0.2) is 35.2 Å². The normalized spacial score (nSPS) is 16.4. The number of nitrogens with one attached hydrogen (secondary N) is 2. The van der Waals surface area contributed by atoms with Gasteiger partial charge in [0.15, 0.2) is 6.10 Å². The van der Waals surface area contributed by atoms with Crippen LogP contribution in [0.5, 0.6) is 0 Å². The SMILES string of the molecule is C[C@@H](OC(=O)CCNS(=O)(=O)c1ccccc1)C(=O)NC1CCCC1. The number of carbonyl (C=O) groups is 2. The minimum absolute atomic E-state index is 0.0903. The highest BCUT2D eigenvalue weighted by Gasteiger charge is 2.23. The molecule has 1 amide bonds. The van der Waals surface area contributed by atoms with Crippen LogP contribution in [-0.2, 0) is 24.3 Å². The molecular weight excluding hydrogens is 344 g/mol. The first-order valence-corrected chi connectivity index (χ1v) is 9.91. The molecule has 0 bridgehead atoms. The zero-order valence-electron chi connectivity index (χ0n) is 14.2. The maximum Gasteiger partial charge on any atom is 0.307 e. The Balaban J connectivity index is 1.72. The average Bonchev–Trinajstić information content (AvgIpc) is 3.08. The zero-order chi connectivity index (χ0) is 18.3. The Hall–Kier alpha value is -1.93. The fraction of sp³-hybridized carbons (Fsp3) is 0.529. The molecule has 0 aliphatic heterocycles. The van der Waals surface area contributed by atoms with Crippen molar-refractivity contribution in [2.75, 3.05) is 6.54 Å². The molecule has 0 unspecified atom stereocenters. The van der Waals surface area contributed by atoms with Crippen LogP contribution in [0.3, 0.4) is 0 Å². The van der Waals surface area contributed by atoms with Crippen molar-refractivity contribution in [3.8, 4) is 0 Å². The van der Waals surface area contributed by atoms with Crippen LogP contribution in [0, 0.1) is 0 Å². The van der Waals surface area contributed by atoms with E-state index in [1.807, 2.05) is 0 Å². The Morgan fingerprint density at radius 1 is 1.20 bits per heavy atom. The fourth-order valence-electron chi connectivity index (χ4n) is 2.67. The molecule has 1 aromatic carbocycles. The number of hydrogen-bond acceptors (Lipinski definition) is 5. The van der Waals surface area contributed by atoms with Crippen molar-refractivity contribution in [2.45, 2.75) is 56.1 Å². The van der Waals surface area contributed by atoms with E-state index in [-0.39, 0.29) is 29.8 Å². The van der Waals surface area contributed by atoms with E-state index in [4.69, 9.17) is 4.74 Å². The van der Waals surface area contributed by atoms with Crippen LogP contribution in [0.1, 0.15) is 39.0 Å². The van der Waals surface area contributed by atoms with E-state index in [2.05, 4.69) is 10.0 Å². The van der Waals surface area contributed by atoms with E-state index in [0.717, 1.165) is 25.7 Å². The Labute approximate surface area is 148 Å². The van der Waals surface area contributed by atoms with Gasteiger partial charge >= 0.3 is 5.97 Å². The van der Waals surface area contributed by atoms with Gasteiger partial charge in [-0.15, -0.1) is 0 Å². The lowest BCUT2D eigenvalue weighted by Crippen LogP contribution is -2.41. The van der Waals surface area contributed by atoms with E-state index in [1.54, 1.807) is 18.2 Å². The van der Waals surface area contributed by atoms with Gasteiger partial charge in [-0.3, -0.25) is 9.59 Å². The van der Waals surface area contributed by atoms with Crippen LogP contribution >= 0.6 is 0 Å². The lowest BCUT2D eigenvalue weighted by molar-refractivity contribution is -0.154. The van der Waals surface area contributed by atoms with Gasteiger partial charge in [-0.25, -0.2) is 13.1 Å². The van der Waals surface area contributed by atoms with Gasteiger partial charge in [-0.05, 0) is 31.9 Å². The number of hydrogen-bond donors (Lipinski definition) is 2. The summed E-state index contributed by atoms with van der Waals surface area (Å²) in [7, 11) is -3.65. The third-order valence-corrected chi connectivity index (χ3v) is 5.53. The lowest BCUT2D eigenvalue weighted by Gasteiger charge is -2.17. The van der Waals surface area contributed by atoms with Gasteiger partial charge < -0.3 is 10.1 Å². The highest BCUT2D eigenvalue weighted by atomic mass is 32.2. The van der Waals surface area contributed by atoms with Gasteiger partial charge in [0.25, 0.3) is 5.91 Å². The van der Waals surface area contributed by atoms with Crippen LogP contribution in [0.2, 0.25) is 0 Å². The number of esters is 1. The summed E-state index contributed by atoms with van der Waals surface area (Å²) >= 11 is 0. The van der Waals surface area contributed by atoms with Crippen LogP contribution in [-0.4, -0.2) is 39.0 Å². The summed E-state index contributed by atoms with van der Waals surface area (Å²) < 4.78 is 31.4. The van der Waals surface area contributed by atoms with Crippen LogP contribution in [0.4, 0.5) is 0 Å². The summed E-state index contributed by atoms with van der Waals surface area (Å²) in [4.78, 5) is 23.9. The fourth-order valence-corrected chi connectivity index (χ4v) is 3.72. The van der Waals surface area contributed by atoms with Gasteiger partial charge in [0.1, 0.15) is 0 Å². The van der Waals surface area contributed by atoms with Crippen LogP contribution in [0.25, 0.3) is 0 Å². The molecule has 1 aliphatic rings. The Morgan fingerprint density at radius 3 is 2.48 bits per heavy atom. The second-order valence-corrected chi connectivity index (χ2v) is 7.85. The maximum absolute atomic E-state index is 12.0. The molecule has 1 aromatic rings. The van der Waals surface area contributed by atoms with E-state index < -0.39 is 22.1 Å². The second kappa shape index (κ2) is 8.96. The van der Waals surface area contributed by atoms with Crippen molar-refractivity contribution in [3.05, 3.63) is 30.3 Å². The smallest absolute Gasteiger partial charge is 0.307 e. The van der Waals surface area contributed by atoms with E-state index in [0.29, 0.717) is 0 Å². The summed E-state index contributed by atoms with van der Waals surface area (Å²) in [5.74, 6) is -0.935. The lowest BCUT2D eigenvalue weighted by atomic mass is 10.2. The number of carbonyl (C=O) groups excluding carboxylic acids is 2. The predicted molar refractivity (Wildman–Crippen MR) is 92.2 cm³/mol. The largest absolute Gasteiger partial charge is 0.453 e. The molecule has 8 heteroatoms. The molecule has 2 N–H and O–H groups in total. The summed E-state index contributed by atoms with van der Waals surface area (Å²) in [5.41, 5.74) is 0. The van der Waals surface area contributed by atoms with Crippen molar-refractivity contribution >= 4 is 21.9 Å². The molecule has 0 aromatic heterocycles. The third kappa shape index (κ3) is 6.13. The van der Waals surface area contributed by atoms with Crippen molar-refractivity contribution in [1.29, 1.82) is 0 Å². The van der Waals surface area contributed by atoms with E-state index in [1.165, 1.54) is 19.1 Å². The molecule has 1 saturated carbocycles. The van der Waals surface area contributed by atoms with Gasteiger partial charge in [-0.1, -0.05) is 31.0 Å². The summed E-state index contributed by atoms with van der Waals surface area (Å²) in [5, 5.41) is 2.86. The van der Waals surface area contributed by atoms with Crippen molar-refractivity contribution < 1.29 is 22.7 Å². The van der Waals surface area contributed by atoms with E-state index in [9.17, 15) is 18.0 Å². The monoisotopic (exact) mass is 368 g/mol. The number of sulfonamides is 1. The number of benzene rings is 1. The van der Waals surface area contributed by atoms with Crippen LogP contribution < -0.4 is 10.0 Å². The highest BCUT2D eigenvalue weighted by Crippen LogP contribution is 2.17. The molecule has 2 rings (SSSR count). The first kappa shape index (κ1) is 19.4. The van der Waals surface area contributed by atoms with Crippen molar-refractivity contribution in [1.82, 2.24) is 10.0 Å². The molecule has 0 saturated heterocycles. The summed E-state index contributed by atoms with van der Waals surface area (Å²) in [6.07, 6.45) is 3.06. The summed E-state index contributed by atoms with van der Waals surface area (Å²) in [6, 6.07) is 8.05. The first-order chi connectivity index (χ1) is 11.9. The Kier molecular flexibility index (Phi) is 6.95. The second-order valence-electron chi connectivity index (χ2n) is 6.08. The van der Waals surface area contributed by atoms with Gasteiger partial charge in [0, 0.05) is 12.6 Å². The molecule has 138 valence electrons. The molecular formula is C17H24N2O5S. The predicted octanol–water partition coefficient (Wildman–Crippen LogP) is 1.35. The molecule has 0 radical (unpaired) electrons. The molecule has 25 heavy (non-hydrogen) atoms. The topological polar surface area (TPSA) is 102 Å². The standard InChI is InChI=1S/C17H24N2O5S/c1-13(17(21)19-14-7-5-6-8-14)24-16(20)11-12-18-25(22,23)15-9-3-2-4-10-15/h2-4,9-10,13-14,18H,5-8,11-12H2,1H3,(H,19,21)/t13-/m1/s1. The quantitative estimate of drug-likeness (QED) is 0.675. The van der Waals surface area contributed by atoms with Crippen molar-refractivity contribution in [3.63, 3.8) is 0 Å². The van der Waals surface area contributed by atoms with E-state index >= 15 is 0 Å². The molecule has 0 spiro atoms. The molecule has 1 aliphatic carbocycles. The molecule has 1 atom stereocenters. The van der Waals surface area contributed by atoms with Gasteiger partial charge in [-0.2, -0.15) is 0 Å². The molecule has 7 nitrogen and oxygen atoms in total. The van der Waals surface area contributed by atoms with Gasteiger partial charge in [0.05, 0.1) is 11.3 Å². The molecule has 1 fully saturated rings. The van der Waals surface area contributed by atoms with Crippen molar-refractivity contribution in [2.24, 2.45) is 0 Å². The molecule has 0 heterocycles.